The molecule has 5 nitrogen and oxygen atoms in total. The number of rotatable bonds is 8. The largest absolute Gasteiger partial charge is 0.352 e. The van der Waals surface area contributed by atoms with E-state index < -0.39 is 0 Å². The molecule has 0 aromatic rings. The van der Waals surface area contributed by atoms with E-state index in [1.807, 2.05) is 20.8 Å². The highest BCUT2D eigenvalue weighted by Gasteiger charge is 2.11. The second-order valence-corrected chi connectivity index (χ2v) is 4.12. The maximum atomic E-state index is 11.6. The van der Waals surface area contributed by atoms with Crippen molar-refractivity contribution in [1.29, 1.82) is 0 Å². The van der Waals surface area contributed by atoms with Gasteiger partial charge in [0.25, 0.3) is 0 Å². The summed E-state index contributed by atoms with van der Waals surface area (Å²) in [5.41, 5.74) is 5.40. The molecule has 1 atom stereocenters. The average Bonchev–Trinajstić information content (AvgIpc) is 2.30. The van der Waals surface area contributed by atoms with E-state index in [1.54, 1.807) is 4.90 Å². The van der Waals surface area contributed by atoms with Crippen LogP contribution in [0.3, 0.4) is 0 Å². The van der Waals surface area contributed by atoms with Gasteiger partial charge in [0.05, 0.1) is 0 Å². The van der Waals surface area contributed by atoms with E-state index in [1.165, 1.54) is 0 Å². The molecule has 2 amide bonds. The maximum absolute atomic E-state index is 11.6. The van der Waals surface area contributed by atoms with Gasteiger partial charge in [-0.05, 0) is 27.2 Å². The van der Waals surface area contributed by atoms with Crippen LogP contribution in [-0.4, -0.2) is 42.4 Å². The fourth-order valence-electron chi connectivity index (χ4n) is 1.54. The average molecular weight is 243 g/mol. The summed E-state index contributed by atoms with van der Waals surface area (Å²) in [6.07, 6.45) is 1.42. The Balaban J connectivity index is 3.76. The molecule has 0 aliphatic carbocycles. The minimum absolute atomic E-state index is 0.000911. The molecular formula is C12H25N3O2. The van der Waals surface area contributed by atoms with Gasteiger partial charge in [-0.2, -0.15) is 0 Å². The fraction of sp³-hybridized carbons (Fsp3) is 0.833. The molecule has 0 aliphatic heterocycles. The predicted octanol–water partition coefficient (Wildman–Crippen LogP) is 0.489. The van der Waals surface area contributed by atoms with Crippen molar-refractivity contribution in [3.05, 3.63) is 0 Å². The zero-order valence-corrected chi connectivity index (χ0v) is 11.2. The third kappa shape index (κ3) is 6.94. The number of hydrogen-bond acceptors (Lipinski definition) is 3. The monoisotopic (exact) mass is 243 g/mol. The Morgan fingerprint density at radius 3 is 2.29 bits per heavy atom. The highest BCUT2D eigenvalue weighted by molar-refractivity contribution is 5.79. The van der Waals surface area contributed by atoms with Crippen LogP contribution in [0.4, 0.5) is 0 Å². The lowest BCUT2D eigenvalue weighted by Gasteiger charge is -2.18. The van der Waals surface area contributed by atoms with Crippen molar-refractivity contribution in [2.75, 3.05) is 19.6 Å². The molecule has 0 bridgehead atoms. The lowest BCUT2D eigenvalue weighted by Crippen LogP contribution is -2.37. The summed E-state index contributed by atoms with van der Waals surface area (Å²) in [7, 11) is 0. The van der Waals surface area contributed by atoms with Gasteiger partial charge in [-0.15, -0.1) is 0 Å². The third-order valence-corrected chi connectivity index (χ3v) is 2.67. The summed E-state index contributed by atoms with van der Waals surface area (Å²) in [5, 5.41) is 2.77. The van der Waals surface area contributed by atoms with Crippen LogP contribution in [0.2, 0.25) is 0 Å². The highest BCUT2D eigenvalue weighted by Crippen LogP contribution is 2.01. The van der Waals surface area contributed by atoms with Gasteiger partial charge >= 0.3 is 0 Å². The van der Waals surface area contributed by atoms with Crippen LogP contribution in [0.15, 0.2) is 0 Å². The van der Waals surface area contributed by atoms with Gasteiger partial charge in [-0.1, -0.05) is 0 Å². The first-order valence-electron chi connectivity index (χ1n) is 6.32. The SMILES string of the molecule is CCN(CC)C(=O)CCCC(=O)N[C@@H](C)CN. The quantitative estimate of drug-likeness (QED) is 0.651. The molecular weight excluding hydrogens is 218 g/mol. The van der Waals surface area contributed by atoms with Crippen molar-refractivity contribution in [2.24, 2.45) is 5.73 Å². The summed E-state index contributed by atoms with van der Waals surface area (Å²) in [4.78, 5) is 24.8. The van der Waals surface area contributed by atoms with Crippen molar-refractivity contribution in [1.82, 2.24) is 10.2 Å². The van der Waals surface area contributed by atoms with Gasteiger partial charge in [0, 0.05) is 38.5 Å². The molecule has 0 spiro atoms. The van der Waals surface area contributed by atoms with E-state index in [9.17, 15) is 9.59 Å². The number of nitrogens with zero attached hydrogens (tertiary/aromatic N) is 1. The van der Waals surface area contributed by atoms with Gasteiger partial charge in [0.15, 0.2) is 0 Å². The van der Waals surface area contributed by atoms with Crippen molar-refractivity contribution in [3.63, 3.8) is 0 Å². The first-order valence-corrected chi connectivity index (χ1v) is 6.32. The topological polar surface area (TPSA) is 75.4 Å². The van der Waals surface area contributed by atoms with Gasteiger partial charge in [0.2, 0.25) is 11.8 Å². The Morgan fingerprint density at radius 2 is 1.82 bits per heavy atom. The Labute approximate surface area is 104 Å². The van der Waals surface area contributed by atoms with E-state index in [0.717, 1.165) is 13.1 Å². The Hall–Kier alpha value is -1.10. The van der Waals surface area contributed by atoms with E-state index in [2.05, 4.69) is 5.32 Å². The normalized spacial score (nSPS) is 12.0. The summed E-state index contributed by atoms with van der Waals surface area (Å²) in [6, 6.07) is 0.000911. The summed E-state index contributed by atoms with van der Waals surface area (Å²) < 4.78 is 0. The van der Waals surface area contributed by atoms with Crippen LogP contribution in [0, 0.1) is 0 Å². The first-order chi connectivity index (χ1) is 8.04. The van der Waals surface area contributed by atoms with Gasteiger partial charge in [0.1, 0.15) is 0 Å². The molecule has 0 fully saturated rings. The first kappa shape index (κ1) is 15.9. The molecule has 0 radical (unpaired) electrons. The van der Waals surface area contributed by atoms with Crippen molar-refractivity contribution >= 4 is 11.8 Å². The molecule has 3 N–H and O–H groups in total. The van der Waals surface area contributed by atoms with Crippen LogP contribution in [-0.2, 0) is 9.59 Å². The molecule has 0 heterocycles. The Kier molecular flexibility index (Phi) is 8.40. The van der Waals surface area contributed by atoms with E-state index in [4.69, 9.17) is 5.73 Å². The molecule has 5 heteroatoms. The number of carbonyl (C=O) groups is 2. The zero-order chi connectivity index (χ0) is 13.3. The molecule has 0 saturated carbocycles. The second-order valence-electron chi connectivity index (χ2n) is 4.12. The van der Waals surface area contributed by atoms with E-state index in [0.29, 0.717) is 25.8 Å². The summed E-state index contributed by atoms with van der Waals surface area (Å²) in [6.45, 7) is 7.66. The predicted molar refractivity (Wildman–Crippen MR) is 68.4 cm³/mol. The van der Waals surface area contributed by atoms with Gasteiger partial charge in [-0.25, -0.2) is 0 Å². The lowest BCUT2D eigenvalue weighted by atomic mass is 10.2. The summed E-state index contributed by atoms with van der Waals surface area (Å²) in [5.74, 6) is 0.0879. The van der Waals surface area contributed by atoms with E-state index in [-0.39, 0.29) is 17.9 Å². The molecule has 0 rings (SSSR count). The van der Waals surface area contributed by atoms with Crippen LogP contribution in [0.1, 0.15) is 40.0 Å². The lowest BCUT2D eigenvalue weighted by molar-refractivity contribution is -0.131. The van der Waals surface area contributed by atoms with Crippen LogP contribution < -0.4 is 11.1 Å². The smallest absolute Gasteiger partial charge is 0.222 e. The van der Waals surface area contributed by atoms with Crippen molar-refractivity contribution in [3.8, 4) is 0 Å². The number of nitrogens with two attached hydrogens (primary N) is 1. The number of carbonyl (C=O) groups excluding carboxylic acids is 2. The number of hydrogen-bond donors (Lipinski definition) is 2. The van der Waals surface area contributed by atoms with Crippen LogP contribution in [0.5, 0.6) is 0 Å². The molecule has 0 aliphatic rings. The Bertz CT molecular complexity index is 240. The van der Waals surface area contributed by atoms with Gasteiger partial charge in [-0.3, -0.25) is 9.59 Å². The minimum atomic E-state index is -0.0321. The highest BCUT2D eigenvalue weighted by atomic mass is 16.2. The molecule has 0 unspecified atom stereocenters. The van der Waals surface area contributed by atoms with Crippen molar-refractivity contribution in [2.45, 2.75) is 46.1 Å². The van der Waals surface area contributed by atoms with E-state index >= 15 is 0 Å². The van der Waals surface area contributed by atoms with Crippen LogP contribution in [0.25, 0.3) is 0 Å². The molecule has 0 aromatic carbocycles. The summed E-state index contributed by atoms with van der Waals surface area (Å²) >= 11 is 0. The van der Waals surface area contributed by atoms with Crippen molar-refractivity contribution < 1.29 is 9.59 Å². The van der Waals surface area contributed by atoms with Crippen LogP contribution >= 0.6 is 0 Å². The minimum Gasteiger partial charge on any atom is -0.352 e. The second kappa shape index (κ2) is 8.98. The fourth-order valence-corrected chi connectivity index (χ4v) is 1.54. The molecule has 100 valence electrons. The number of nitrogens with one attached hydrogen (secondary N) is 1. The maximum Gasteiger partial charge on any atom is 0.222 e. The molecule has 17 heavy (non-hydrogen) atoms. The molecule has 0 saturated heterocycles. The number of amides is 2. The third-order valence-electron chi connectivity index (χ3n) is 2.67. The van der Waals surface area contributed by atoms with Gasteiger partial charge < -0.3 is 16.0 Å². The zero-order valence-electron chi connectivity index (χ0n) is 11.2. The Morgan fingerprint density at radius 1 is 1.24 bits per heavy atom. The molecule has 0 aromatic heterocycles. The standard InChI is InChI=1S/C12H25N3O2/c1-4-15(5-2)12(17)8-6-7-11(16)14-10(3)9-13/h10H,4-9,13H2,1-3H3,(H,14,16)/t10-/m0/s1.